The molecule has 0 saturated carbocycles. The highest BCUT2D eigenvalue weighted by Crippen LogP contribution is 2.15. The van der Waals surface area contributed by atoms with Crippen molar-refractivity contribution >= 4 is 22.1 Å². The summed E-state index contributed by atoms with van der Waals surface area (Å²) in [4.78, 5) is 24.4. The molecule has 10 heteroatoms. The number of benzene rings is 1. The molecule has 0 aliphatic rings. The van der Waals surface area contributed by atoms with Crippen LogP contribution in [0.25, 0.3) is 0 Å². The maximum absolute atomic E-state index is 12.3. The van der Waals surface area contributed by atoms with Crippen molar-refractivity contribution in [2.24, 2.45) is 0 Å². The second-order valence-corrected chi connectivity index (χ2v) is 9.62. The lowest BCUT2D eigenvalue weighted by molar-refractivity contribution is -0.123. The fourth-order valence-electron chi connectivity index (χ4n) is 2.43. The molecule has 2 atom stereocenters. The number of aryl methyl sites for hydroxylation is 1. The van der Waals surface area contributed by atoms with Crippen molar-refractivity contribution in [2.45, 2.75) is 63.2 Å². The zero-order chi connectivity index (χ0) is 23.7. The van der Waals surface area contributed by atoms with E-state index in [1.807, 2.05) is 6.92 Å². The molecule has 0 aliphatic carbocycles. The van der Waals surface area contributed by atoms with Gasteiger partial charge in [-0.2, -0.15) is 8.42 Å². The third-order valence-corrected chi connectivity index (χ3v) is 5.26. The van der Waals surface area contributed by atoms with Crippen LogP contribution in [0.1, 0.15) is 39.2 Å². The summed E-state index contributed by atoms with van der Waals surface area (Å²) in [6.07, 6.45) is -0.662. The molecule has 31 heavy (non-hydrogen) atoms. The molecule has 1 aromatic carbocycles. The molecule has 0 aromatic heterocycles. The van der Waals surface area contributed by atoms with E-state index in [1.54, 1.807) is 32.9 Å². The second kappa shape index (κ2) is 11.8. The minimum atomic E-state index is -3.96. The lowest BCUT2D eigenvalue weighted by Crippen LogP contribution is -2.49. The molecule has 0 saturated heterocycles. The molecular formula is C21H32N2O7S. The van der Waals surface area contributed by atoms with Crippen LogP contribution >= 0.6 is 0 Å². The van der Waals surface area contributed by atoms with Crippen LogP contribution in [0.2, 0.25) is 0 Å². The SMILES string of the molecule is C=CCNC(=O)[C@H](C[C@@H](O)CCOS(=O)(=O)c1ccc(C)cc1)NC(=O)OC(C)(C)C. The van der Waals surface area contributed by atoms with E-state index in [9.17, 15) is 23.1 Å². The van der Waals surface area contributed by atoms with Crippen molar-refractivity contribution in [1.29, 1.82) is 0 Å². The highest BCUT2D eigenvalue weighted by Gasteiger charge is 2.26. The number of hydrogen-bond donors (Lipinski definition) is 3. The van der Waals surface area contributed by atoms with Gasteiger partial charge in [-0.05, 0) is 46.2 Å². The van der Waals surface area contributed by atoms with Crippen LogP contribution in [-0.4, -0.2) is 56.4 Å². The molecule has 0 bridgehead atoms. The summed E-state index contributed by atoms with van der Waals surface area (Å²) in [6.45, 7) is 10.3. The Kier molecular flexibility index (Phi) is 10.1. The van der Waals surface area contributed by atoms with Gasteiger partial charge in [0.05, 0.1) is 17.6 Å². The van der Waals surface area contributed by atoms with Crippen LogP contribution in [0.5, 0.6) is 0 Å². The van der Waals surface area contributed by atoms with Gasteiger partial charge in [0.1, 0.15) is 11.6 Å². The molecule has 0 radical (unpaired) electrons. The second-order valence-electron chi connectivity index (χ2n) is 8.00. The van der Waals surface area contributed by atoms with E-state index in [0.29, 0.717) is 0 Å². The Labute approximate surface area is 183 Å². The zero-order valence-corrected chi connectivity index (χ0v) is 19.2. The van der Waals surface area contributed by atoms with Gasteiger partial charge in [-0.3, -0.25) is 8.98 Å². The monoisotopic (exact) mass is 456 g/mol. The molecule has 2 amide bonds. The van der Waals surface area contributed by atoms with Gasteiger partial charge in [0.25, 0.3) is 10.1 Å². The number of nitrogens with one attached hydrogen (secondary N) is 2. The van der Waals surface area contributed by atoms with E-state index < -0.39 is 39.9 Å². The number of ether oxygens (including phenoxy) is 1. The molecule has 3 N–H and O–H groups in total. The Bertz CT molecular complexity index is 845. The summed E-state index contributed by atoms with van der Waals surface area (Å²) < 4.78 is 34.5. The van der Waals surface area contributed by atoms with Crippen molar-refractivity contribution in [1.82, 2.24) is 10.6 Å². The first kappa shape index (κ1) is 26.6. The van der Waals surface area contributed by atoms with Crippen LogP contribution in [-0.2, 0) is 23.8 Å². The fraction of sp³-hybridized carbons (Fsp3) is 0.524. The Morgan fingerprint density at radius 3 is 2.39 bits per heavy atom. The van der Waals surface area contributed by atoms with Crippen LogP contribution in [0, 0.1) is 6.92 Å². The zero-order valence-electron chi connectivity index (χ0n) is 18.4. The summed E-state index contributed by atoms with van der Waals surface area (Å²) in [5.41, 5.74) is 0.149. The topological polar surface area (TPSA) is 131 Å². The number of aliphatic hydroxyl groups is 1. The van der Waals surface area contributed by atoms with Crippen LogP contribution in [0.15, 0.2) is 41.8 Å². The number of hydrogen-bond acceptors (Lipinski definition) is 7. The van der Waals surface area contributed by atoms with Gasteiger partial charge in [-0.1, -0.05) is 23.8 Å². The van der Waals surface area contributed by atoms with E-state index in [4.69, 9.17) is 8.92 Å². The van der Waals surface area contributed by atoms with Crippen molar-refractivity contribution in [3.63, 3.8) is 0 Å². The number of carbonyl (C=O) groups excluding carboxylic acids is 2. The molecule has 0 spiro atoms. The van der Waals surface area contributed by atoms with Crippen LogP contribution in [0.3, 0.4) is 0 Å². The predicted octanol–water partition coefficient (Wildman–Crippen LogP) is 2.04. The third kappa shape index (κ3) is 10.4. The first-order valence-corrected chi connectivity index (χ1v) is 11.3. The smallest absolute Gasteiger partial charge is 0.408 e. The minimum Gasteiger partial charge on any atom is -0.444 e. The molecule has 1 rings (SSSR count). The quantitative estimate of drug-likeness (QED) is 0.343. The van der Waals surface area contributed by atoms with Crippen LogP contribution in [0.4, 0.5) is 4.79 Å². The average Bonchev–Trinajstić information content (AvgIpc) is 2.64. The van der Waals surface area contributed by atoms with E-state index >= 15 is 0 Å². The van der Waals surface area contributed by atoms with Gasteiger partial charge >= 0.3 is 6.09 Å². The third-order valence-electron chi connectivity index (χ3n) is 3.94. The van der Waals surface area contributed by atoms with E-state index in [0.717, 1.165) is 5.56 Å². The Hall–Kier alpha value is -2.43. The van der Waals surface area contributed by atoms with Crippen molar-refractivity contribution in [2.75, 3.05) is 13.2 Å². The summed E-state index contributed by atoms with van der Waals surface area (Å²) in [6, 6.07) is 5.09. The normalized spacial score (nSPS) is 13.7. The Morgan fingerprint density at radius 2 is 1.84 bits per heavy atom. The highest BCUT2D eigenvalue weighted by atomic mass is 32.2. The van der Waals surface area contributed by atoms with E-state index in [1.165, 1.54) is 18.2 Å². The molecule has 0 fully saturated rings. The van der Waals surface area contributed by atoms with Gasteiger partial charge in [0, 0.05) is 13.0 Å². The first-order chi connectivity index (χ1) is 14.3. The Balaban J connectivity index is 2.67. The van der Waals surface area contributed by atoms with E-state index in [2.05, 4.69) is 17.2 Å². The molecule has 0 unspecified atom stereocenters. The van der Waals surface area contributed by atoms with Crippen molar-refractivity contribution < 1.29 is 32.0 Å². The fourth-order valence-corrected chi connectivity index (χ4v) is 3.36. The molecule has 174 valence electrons. The highest BCUT2D eigenvalue weighted by molar-refractivity contribution is 7.86. The maximum atomic E-state index is 12.3. The van der Waals surface area contributed by atoms with Gasteiger partial charge in [-0.15, -0.1) is 6.58 Å². The van der Waals surface area contributed by atoms with Crippen LogP contribution < -0.4 is 10.6 Å². The maximum Gasteiger partial charge on any atom is 0.408 e. The van der Waals surface area contributed by atoms with Crippen molar-refractivity contribution in [3.8, 4) is 0 Å². The number of alkyl carbamates (subject to hydrolysis) is 1. The lowest BCUT2D eigenvalue weighted by atomic mass is 10.1. The molecule has 0 heterocycles. The average molecular weight is 457 g/mol. The standard InChI is InChI=1S/C21H32N2O7S/c1-6-12-22-19(25)18(23-20(26)30-21(3,4)5)14-16(24)11-13-29-31(27,28)17-9-7-15(2)8-10-17/h6-10,16,18,24H,1,11-14H2,2-5H3,(H,22,25)(H,23,26)/t16-,18-/m0/s1. The summed E-state index contributed by atoms with van der Waals surface area (Å²) >= 11 is 0. The number of aliphatic hydroxyl groups excluding tert-OH is 1. The first-order valence-electron chi connectivity index (χ1n) is 9.86. The summed E-state index contributed by atoms with van der Waals surface area (Å²) in [5, 5.41) is 15.2. The largest absolute Gasteiger partial charge is 0.444 e. The van der Waals surface area contributed by atoms with Gasteiger partial charge < -0.3 is 20.5 Å². The minimum absolute atomic E-state index is 0.0147. The molecular weight excluding hydrogens is 424 g/mol. The van der Waals surface area contributed by atoms with Gasteiger partial charge in [0.15, 0.2) is 0 Å². The number of carbonyl (C=O) groups is 2. The van der Waals surface area contributed by atoms with Crippen molar-refractivity contribution in [3.05, 3.63) is 42.5 Å². The predicted molar refractivity (Wildman–Crippen MR) is 116 cm³/mol. The Morgan fingerprint density at radius 1 is 1.23 bits per heavy atom. The number of rotatable bonds is 11. The van der Waals surface area contributed by atoms with Gasteiger partial charge in [0.2, 0.25) is 5.91 Å². The van der Waals surface area contributed by atoms with E-state index in [-0.39, 0.29) is 30.9 Å². The van der Waals surface area contributed by atoms with Gasteiger partial charge in [-0.25, -0.2) is 4.79 Å². The molecule has 0 aliphatic heterocycles. The summed E-state index contributed by atoms with van der Waals surface area (Å²) in [7, 11) is -3.96. The molecule has 9 nitrogen and oxygen atoms in total. The number of amides is 2. The lowest BCUT2D eigenvalue weighted by Gasteiger charge is -2.24. The molecule has 1 aromatic rings. The summed E-state index contributed by atoms with van der Waals surface area (Å²) in [5.74, 6) is -0.530.